The first-order chi connectivity index (χ1) is 9.90. The Morgan fingerprint density at radius 2 is 2.14 bits per heavy atom. The van der Waals surface area contributed by atoms with Gasteiger partial charge in [-0.1, -0.05) is 6.07 Å². The van der Waals surface area contributed by atoms with Gasteiger partial charge in [0.2, 0.25) is 0 Å². The maximum atomic E-state index is 13.2. The van der Waals surface area contributed by atoms with Crippen molar-refractivity contribution < 1.29 is 4.39 Å². The highest BCUT2D eigenvalue weighted by Crippen LogP contribution is 2.28. The molecule has 4 nitrogen and oxygen atoms in total. The number of nitrogens with two attached hydrogens (primary N) is 1. The maximum absolute atomic E-state index is 13.2. The molecule has 0 saturated heterocycles. The van der Waals surface area contributed by atoms with E-state index in [-0.39, 0.29) is 11.9 Å². The summed E-state index contributed by atoms with van der Waals surface area (Å²) in [7, 11) is 4.03. The fraction of sp³-hybridized carbons (Fsp3) is 0.400. The predicted octanol–water partition coefficient (Wildman–Crippen LogP) is 2.70. The molecule has 0 radical (unpaired) electrons. The van der Waals surface area contributed by atoms with Crippen molar-refractivity contribution in [3.8, 4) is 0 Å². The molecule has 0 fully saturated rings. The molecule has 0 aliphatic heterocycles. The van der Waals surface area contributed by atoms with Crippen molar-refractivity contribution in [1.29, 1.82) is 0 Å². The molecule has 2 aromatic rings. The van der Waals surface area contributed by atoms with Gasteiger partial charge in [-0.15, -0.1) is 0 Å². The van der Waals surface area contributed by atoms with Gasteiger partial charge in [0.05, 0.1) is 29.0 Å². The van der Waals surface area contributed by atoms with E-state index in [4.69, 9.17) is 5.73 Å². The molecule has 0 saturated carbocycles. The highest BCUT2D eigenvalue weighted by molar-refractivity contribution is 9.10. The molecular formula is C15H20BrFN4. The van der Waals surface area contributed by atoms with Gasteiger partial charge in [0.15, 0.2) is 0 Å². The molecule has 1 aromatic carbocycles. The quantitative estimate of drug-likeness (QED) is 0.897. The van der Waals surface area contributed by atoms with Crippen molar-refractivity contribution in [1.82, 2.24) is 14.7 Å². The van der Waals surface area contributed by atoms with Crippen LogP contribution in [0.1, 0.15) is 22.9 Å². The van der Waals surface area contributed by atoms with Crippen LogP contribution in [0.3, 0.4) is 0 Å². The van der Waals surface area contributed by atoms with Crippen LogP contribution >= 0.6 is 15.9 Å². The van der Waals surface area contributed by atoms with E-state index < -0.39 is 0 Å². The summed E-state index contributed by atoms with van der Waals surface area (Å²) in [5.41, 5.74) is 9.05. The van der Waals surface area contributed by atoms with Crippen LogP contribution in [0.4, 0.5) is 4.39 Å². The Kier molecular flexibility index (Phi) is 5.13. The van der Waals surface area contributed by atoms with Crippen molar-refractivity contribution >= 4 is 15.9 Å². The van der Waals surface area contributed by atoms with Crippen LogP contribution < -0.4 is 5.73 Å². The zero-order chi connectivity index (χ0) is 15.6. The van der Waals surface area contributed by atoms with E-state index in [2.05, 4.69) is 25.9 Å². The monoisotopic (exact) mass is 354 g/mol. The molecule has 114 valence electrons. The van der Waals surface area contributed by atoms with E-state index in [0.717, 1.165) is 34.4 Å². The van der Waals surface area contributed by atoms with Gasteiger partial charge in [0, 0.05) is 6.54 Å². The van der Waals surface area contributed by atoms with Crippen molar-refractivity contribution in [3.63, 3.8) is 0 Å². The summed E-state index contributed by atoms with van der Waals surface area (Å²) in [5, 5.41) is 4.37. The van der Waals surface area contributed by atoms with Gasteiger partial charge in [-0.3, -0.25) is 4.68 Å². The molecule has 1 unspecified atom stereocenters. The normalized spacial score (nSPS) is 12.9. The number of hydrogen-bond donors (Lipinski definition) is 1. The minimum atomic E-state index is -0.343. The highest BCUT2D eigenvalue weighted by atomic mass is 79.9. The average molecular weight is 355 g/mol. The minimum Gasteiger partial charge on any atom is -0.319 e. The van der Waals surface area contributed by atoms with E-state index in [9.17, 15) is 4.39 Å². The first-order valence-corrected chi connectivity index (χ1v) is 7.57. The Hall–Kier alpha value is -1.24. The maximum Gasteiger partial charge on any atom is 0.123 e. The SMILES string of the molecule is Cc1cc(F)ccc1C(N)c1c(Br)cnn1CCN(C)C. The zero-order valence-corrected chi connectivity index (χ0v) is 14.1. The van der Waals surface area contributed by atoms with Crippen LogP contribution in [0.5, 0.6) is 0 Å². The second-order valence-electron chi connectivity index (χ2n) is 5.38. The smallest absolute Gasteiger partial charge is 0.123 e. The van der Waals surface area contributed by atoms with Crippen LogP contribution in [-0.2, 0) is 6.54 Å². The lowest BCUT2D eigenvalue weighted by atomic mass is 9.99. The second-order valence-corrected chi connectivity index (χ2v) is 6.24. The number of aryl methyl sites for hydroxylation is 1. The number of aromatic nitrogens is 2. The van der Waals surface area contributed by atoms with Crippen molar-refractivity contribution in [2.75, 3.05) is 20.6 Å². The van der Waals surface area contributed by atoms with Gasteiger partial charge in [0.1, 0.15) is 5.82 Å². The van der Waals surface area contributed by atoms with Gasteiger partial charge in [-0.05, 0) is 60.2 Å². The second kappa shape index (κ2) is 6.68. The third-order valence-corrected chi connectivity index (χ3v) is 4.06. The molecule has 1 aromatic heterocycles. The van der Waals surface area contributed by atoms with Crippen molar-refractivity contribution in [2.24, 2.45) is 5.73 Å². The van der Waals surface area contributed by atoms with E-state index in [1.807, 2.05) is 25.7 Å². The van der Waals surface area contributed by atoms with Crippen LogP contribution in [0.15, 0.2) is 28.9 Å². The fourth-order valence-electron chi connectivity index (χ4n) is 2.29. The topological polar surface area (TPSA) is 47.1 Å². The number of likely N-dealkylation sites (N-methyl/N-ethyl adjacent to an activating group) is 1. The largest absolute Gasteiger partial charge is 0.319 e. The third kappa shape index (κ3) is 3.70. The molecule has 0 bridgehead atoms. The Balaban J connectivity index is 2.34. The van der Waals surface area contributed by atoms with E-state index in [1.54, 1.807) is 12.3 Å². The number of rotatable bonds is 5. The summed E-state index contributed by atoms with van der Waals surface area (Å²) in [5.74, 6) is -0.247. The van der Waals surface area contributed by atoms with E-state index in [0.29, 0.717) is 0 Å². The summed E-state index contributed by atoms with van der Waals surface area (Å²) < 4.78 is 16.0. The molecule has 21 heavy (non-hydrogen) atoms. The molecule has 2 N–H and O–H groups in total. The Bertz CT molecular complexity index is 624. The fourth-order valence-corrected chi connectivity index (χ4v) is 2.83. The molecule has 2 rings (SSSR count). The Morgan fingerprint density at radius 3 is 2.76 bits per heavy atom. The predicted molar refractivity (Wildman–Crippen MR) is 85.6 cm³/mol. The molecule has 0 spiro atoms. The molecule has 1 heterocycles. The lowest BCUT2D eigenvalue weighted by Crippen LogP contribution is -2.24. The lowest BCUT2D eigenvalue weighted by Gasteiger charge is -2.18. The van der Waals surface area contributed by atoms with Gasteiger partial charge in [0.25, 0.3) is 0 Å². The molecule has 6 heteroatoms. The molecule has 0 amide bonds. The molecule has 0 aliphatic carbocycles. The van der Waals surface area contributed by atoms with Gasteiger partial charge in [-0.25, -0.2) is 4.39 Å². The summed E-state index contributed by atoms with van der Waals surface area (Å²) in [6, 6.07) is 4.34. The van der Waals surface area contributed by atoms with Crippen molar-refractivity contribution in [2.45, 2.75) is 19.5 Å². The Morgan fingerprint density at radius 1 is 1.43 bits per heavy atom. The van der Waals surface area contributed by atoms with Crippen LogP contribution in [0.25, 0.3) is 0 Å². The lowest BCUT2D eigenvalue weighted by molar-refractivity contribution is 0.368. The molecule has 1 atom stereocenters. The number of hydrogen-bond acceptors (Lipinski definition) is 3. The minimum absolute atomic E-state index is 0.247. The molecular weight excluding hydrogens is 335 g/mol. The van der Waals surface area contributed by atoms with E-state index >= 15 is 0 Å². The summed E-state index contributed by atoms with van der Waals surface area (Å²) >= 11 is 3.51. The van der Waals surface area contributed by atoms with Crippen molar-refractivity contribution in [3.05, 3.63) is 51.5 Å². The first kappa shape index (κ1) is 16.1. The third-order valence-electron chi connectivity index (χ3n) is 3.45. The highest BCUT2D eigenvalue weighted by Gasteiger charge is 2.20. The number of benzene rings is 1. The van der Waals surface area contributed by atoms with Gasteiger partial charge < -0.3 is 10.6 Å². The van der Waals surface area contributed by atoms with Gasteiger partial charge >= 0.3 is 0 Å². The van der Waals surface area contributed by atoms with Crippen LogP contribution in [-0.4, -0.2) is 35.3 Å². The zero-order valence-electron chi connectivity index (χ0n) is 12.5. The van der Waals surface area contributed by atoms with E-state index in [1.165, 1.54) is 12.1 Å². The van der Waals surface area contributed by atoms with Crippen LogP contribution in [0.2, 0.25) is 0 Å². The molecule has 0 aliphatic rings. The standard InChI is InChI=1S/C15H20BrFN4/c1-10-8-11(17)4-5-12(10)14(18)15-13(16)9-19-21(15)7-6-20(2)3/h4-5,8-9,14H,6-7,18H2,1-3H3. The summed E-state index contributed by atoms with van der Waals surface area (Å²) in [6.07, 6.45) is 1.75. The number of halogens is 2. The summed E-state index contributed by atoms with van der Waals surface area (Å²) in [4.78, 5) is 2.09. The first-order valence-electron chi connectivity index (χ1n) is 6.77. The van der Waals surface area contributed by atoms with Gasteiger partial charge in [-0.2, -0.15) is 5.10 Å². The van der Waals surface area contributed by atoms with Crippen LogP contribution in [0, 0.1) is 12.7 Å². The summed E-state index contributed by atoms with van der Waals surface area (Å²) in [6.45, 7) is 3.49. The number of nitrogens with zero attached hydrogens (tertiary/aromatic N) is 3. The Labute approximate surface area is 132 Å². The average Bonchev–Trinajstić information content (AvgIpc) is 2.77.